The van der Waals surface area contributed by atoms with Crippen LogP contribution < -0.4 is 27.0 Å². The van der Waals surface area contributed by atoms with Crippen molar-refractivity contribution in [3.05, 3.63) is 131 Å². The number of carbonyl (C=O) groups excluding carboxylic acids is 3. The minimum absolute atomic E-state index is 0.0142. The topological polar surface area (TPSA) is 558 Å². The third-order valence-electron chi connectivity index (χ3n) is 18.7. The van der Waals surface area contributed by atoms with Crippen molar-refractivity contribution >= 4 is 128 Å². The second kappa shape index (κ2) is 36.5. The number of carboxylic acids is 2. The number of nitrogen functional groups attached to an aromatic ring is 1. The Bertz CT molecular complexity index is 5050. The molecule has 602 valence electrons. The number of fused-ring (bicyclic) bond motifs is 6. The summed E-state index contributed by atoms with van der Waals surface area (Å²) < 4.78 is 167. The van der Waals surface area contributed by atoms with Gasteiger partial charge in [0.25, 0.3) is 30.4 Å². The SMILES string of the molecule is CC1(C)C(/C=C/C=C/C=C2/N(CCCCCC(=O)NC(CCC(=O)O)C(=O)CC(CCC(=O)O)C(=O)NCCCCCCOP(=O)(O)OP(=O)(O)OP(=O)(O)OC[C@H]3O[C@@H](n4ccc(N)nc4=O)C[C@H]3O)c3ccc4c(S(=O)(=O)O)cccc4c3C2(C)C)=[N+](CCCS(=O)(=O)O)c2ccc3c(S(=O)(=O)O)cccc3c21. The number of ketones is 1. The number of carbonyl (C=O) groups is 5. The summed E-state index contributed by atoms with van der Waals surface area (Å²) in [5.74, 6) is -6.50. The number of aromatic nitrogens is 2. The number of ether oxygens (including phenoxy) is 1. The van der Waals surface area contributed by atoms with Gasteiger partial charge in [0.15, 0.2) is 11.5 Å². The lowest BCUT2D eigenvalue weighted by Crippen LogP contribution is -2.43. The number of nitrogens with two attached hydrogens (primary N) is 1. The lowest BCUT2D eigenvalue weighted by Gasteiger charge is -2.27. The van der Waals surface area contributed by atoms with E-state index in [1.807, 2.05) is 44.4 Å². The predicted molar refractivity (Wildman–Crippen MR) is 398 cm³/mol. The van der Waals surface area contributed by atoms with Gasteiger partial charge in [0.1, 0.15) is 34.5 Å². The monoisotopic (exact) mass is 1660 g/mol. The van der Waals surface area contributed by atoms with Crippen molar-refractivity contribution in [2.45, 2.75) is 169 Å². The van der Waals surface area contributed by atoms with Gasteiger partial charge in [-0.25, -0.2) is 18.5 Å². The molecule has 13 N–H and O–H groups in total. The Balaban J connectivity index is 0.848. The summed E-state index contributed by atoms with van der Waals surface area (Å²) in [5, 5.41) is 36.4. The van der Waals surface area contributed by atoms with Crippen LogP contribution in [0.25, 0.3) is 21.5 Å². The van der Waals surface area contributed by atoms with E-state index in [-0.39, 0.29) is 97.3 Å². The maximum absolute atomic E-state index is 13.9. The van der Waals surface area contributed by atoms with Gasteiger partial charge in [-0.1, -0.05) is 81.7 Å². The fraction of sp³-hybridized carbons (Fsp3) is 0.471. The Labute approximate surface area is 633 Å². The van der Waals surface area contributed by atoms with Crippen molar-refractivity contribution in [2.24, 2.45) is 5.92 Å². The van der Waals surface area contributed by atoms with Crippen molar-refractivity contribution in [3.63, 3.8) is 0 Å². The van der Waals surface area contributed by atoms with E-state index in [1.165, 1.54) is 36.5 Å². The molecule has 110 heavy (non-hydrogen) atoms. The van der Waals surface area contributed by atoms with E-state index in [1.54, 1.807) is 54.6 Å². The number of benzene rings is 4. The number of amides is 2. The summed E-state index contributed by atoms with van der Waals surface area (Å²) >= 11 is 0. The summed E-state index contributed by atoms with van der Waals surface area (Å²) in [6.45, 7) is 6.71. The molecule has 0 bridgehead atoms. The lowest BCUT2D eigenvalue weighted by molar-refractivity contribution is -0.437. The molecule has 5 unspecified atom stereocenters. The highest BCUT2D eigenvalue weighted by atomic mass is 32.2. The summed E-state index contributed by atoms with van der Waals surface area (Å²) in [7, 11) is -30.6. The first-order valence-corrected chi connectivity index (χ1v) is 43.7. The number of aliphatic hydroxyl groups excluding tert-OH is 1. The first-order chi connectivity index (χ1) is 51.3. The van der Waals surface area contributed by atoms with Gasteiger partial charge in [-0.05, 0) is 105 Å². The minimum Gasteiger partial charge on any atom is -0.481 e. The van der Waals surface area contributed by atoms with E-state index < -0.39 is 169 Å². The average Bonchev–Trinajstić information content (AvgIpc) is 1.56. The lowest BCUT2D eigenvalue weighted by atomic mass is 9.79. The number of allylic oxidation sites excluding steroid dienone is 6. The van der Waals surface area contributed by atoms with Crippen molar-refractivity contribution in [2.75, 3.05) is 49.2 Å². The molecule has 4 heterocycles. The molecule has 8 rings (SSSR count). The third kappa shape index (κ3) is 23.3. The number of carboxylic acid groups (broad SMARTS) is 2. The Morgan fingerprint density at radius 3 is 1.95 bits per heavy atom. The number of hydrogen-bond acceptors (Lipinski definition) is 24. The number of aliphatic hydroxyl groups is 1. The van der Waals surface area contributed by atoms with Crippen LogP contribution in [0.15, 0.2) is 124 Å². The second-order valence-corrected chi connectivity index (χ2v) is 36.5. The maximum atomic E-state index is 13.9. The van der Waals surface area contributed by atoms with Crippen LogP contribution in [0.2, 0.25) is 0 Å². The molecule has 36 nitrogen and oxygen atoms in total. The van der Waals surface area contributed by atoms with E-state index in [9.17, 15) is 111 Å². The first kappa shape index (κ1) is 88.0. The van der Waals surface area contributed by atoms with Gasteiger partial charge in [-0.3, -0.25) is 51.2 Å². The van der Waals surface area contributed by atoms with Gasteiger partial charge in [-0.15, -0.1) is 0 Å². The standard InChI is InChI=1S/C68H88N7O29P3S3/c1-67(2)56(22-9-7-10-23-57-68(3,4)64-47-19-16-21-55(110(97,98)99)45(47)27-30-50(64)74(57)36-17-39-108(91,92)93)73(49-29-26-44-46(63(49)67)18-15-20-54(44)109(94,95)96)35-13-8-11-24-59(78)71-48(28-32-62(81)82)51(76)40-43(25-31-61(79)80)65(83)70-34-12-5-6-14-38-100-105(85,86)103-107(89,90)104-106(87,88)101-42-53-52(77)41-60(102-53)75-37-33-58(69)72-66(75)84/h7,9-10,15-16,18-23,26-27,29-30,33,37,43,48,52-53,60,77H,5-6,8,11-14,17,24-25,28,31-32,34-36,38-42H2,1-4H3,(H11-,69,70,71,72,78,79,80,81,82,83,84,85,86,87,88,89,90,91,92,93,94,95,96,97,98,99)/p+1/t43?,48?,52-,53-,60-/m1/s1. The molecule has 0 radical (unpaired) electrons. The number of unbranched alkanes of at least 4 members (excludes halogenated alkanes) is 5. The number of aliphatic carboxylic acids is 2. The Morgan fingerprint density at radius 1 is 0.718 bits per heavy atom. The highest BCUT2D eigenvalue weighted by Gasteiger charge is 2.48. The van der Waals surface area contributed by atoms with Crippen molar-refractivity contribution in [1.82, 2.24) is 20.2 Å². The molecule has 1 aromatic heterocycles. The molecule has 2 amide bonds. The molecule has 5 aromatic rings. The smallest absolute Gasteiger partial charge is 0.481 e. The van der Waals surface area contributed by atoms with Crippen molar-refractivity contribution < 1.29 is 134 Å². The van der Waals surface area contributed by atoms with E-state index in [0.717, 1.165) is 21.5 Å². The number of nitrogens with zero attached hydrogens (tertiary/aromatic N) is 4. The summed E-state index contributed by atoms with van der Waals surface area (Å²) in [6.07, 6.45) is 5.76. The maximum Gasteiger partial charge on any atom is 0.490 e. The van der Waals surface area contributed by atoms with Gasteiger partial charge in [0.2, 0.25) is 17.5 Å². The molecule has 42 heteroatoms. The third-order valence-corrected chi connectivity index (χ3v) is 25.7. The molecule has 0 saturated carbocycles. The predicted octanol–water partition coefficient (Wildman–Crippen LogP) is 7.82. The van der Waals surface area contributed by atoms with Crippen LogP contribution in [-0.2, 0) is 101 Å². The molecule has 4 aromatic carbocycles. The molecular weight excluding hydrogens is 1570 g/mol. The largest absolute Gasteiger partial charge is 0.490 e. The van der Waals surface area contributed by atoms with Crippen molar-refractivity contribution in [1.29, 1.82) is 0 Å². The van der Waals surface area contributed by atoms with Crippen LogP contribution in [-0.4, -0.2) is 175 Å². The first-order valence-electron chi connectivity index (χ1n) is 34.7. The van der Waals surface area contributed by atoms with E-state index in [4.69, 9.17) is 15.0 Å². The molecular formula is C68H89N7O29P3S3+. The number of hydrogen-bond donors (Lipinski definition) is 12. The van der Waals surface area contributed by atoms with Gasteiger partial charge in [0.05, 0.1) is 36.5 Å². The minimum atomic E-state index is -5.88. The zero-order valence-electron chi connectivity index (χ0n) is 60.2. The quantitative estimate of drug-likeness (QED) is 0.00582. The van der Waals surface area contributed by atoms with Crippen molar-refractivity contribution in [3.8, 4) is 0 Å². The van der Waals surface area contributed by atoms with Crippen LogP contribution in [0.4, 0.5) is 17.2 Å². The molecule has 3 aliphatic heterocycles. The summed E-state index contributed by atoms with van der Waals surface area (Å²) in [6, 6.07) is 15.6. The number of phosphoric ester groups is 2. The van der Waals surface area contributed by atoms with Crippen LogP contribution in [0.5, 0.6) is 0 Å². The highest BCUT2D eigenvalue weighted by molar-refractivity contribution is 7.86. The molecule has 0 spiro atoms. The van der Waals surface area contributed by atoms with Crippen LogP contribution in [0.3, 0.4) is 0 Å². The van der Waals surface area contributed by atoms with E-state index >= 15 is 0 Å². The van der Waals surface area contributed by atoms with Gasteiger partial charge in [0, 0.05) is 109 Å². The van der Waals surface area contributed by atoms with Gasteiger partial charge < -0.3 is 56.0 Å². The van der Waals surface area contributed by atoms with Crippen LogP contribution in [0.1, 0.15) is 141 Å². The number of phosphoric acid groups is 3. The number of Topliss-reactive ketones (excluding diaryl/α,β-unsaturated/α-hetero) is 1. The number of anilines is 2. The fourth-order valence-corrected chi connectivity index (χ4v) is 19.2. The fourth-order valence-electron chi connectivity index (χ4n) is 13.8. The Morgan fingerprint density at radius 2 is 1.33 bits per heavy atom. The molecule has 8 atom stereocenters. The molecule has 1 saturated heterocycles. The Hall–Kier alpha value is -7.62. The van der Waals surface area contributed by atoms with E-state index in [2.05, 4.69) is 33.7 Å². The average molecular weight is 1660 g/mol. The zero-order valence-corrected chi connectivity index (χ0v) is 65.3. The summed E-state index contributed by atoms with van der Waals surface area (Å²) in [4.78, 5) is 112. The molecule has 3 aliphatic rings. The Kier molecular flexibility index (Phi) is 29.2. The van der Waals surface area contributed by atoms with Gasteiger partial charge in [-0.2, -0.15) is 43.4 Å². The van der Waals surface area contributed by atoms with Crippen LogP contribution >= 0.6 is 23.5 Å². The van der Waals surface area contributed by atoms with Gasteiger partial charge >= 0.3 is 41.1 Å². The number of nitrogens with one attached hydrogen (secondary N) is 2. The van der Waals surface area contributed by atoms with E-state index in [0.29, 0.717) is 53.5 Å². The zero-order chi connectivity index (χ0) is 81.1. The molecule has 0 aliphatic carbocycles. The second-order valence-electron chi connectivity index (χ2n) is 27.5. The molecule has 1 fully saturated rings. The normalized spacial score (nSPS) is 19.7. The number of rotatable bonds is 42. The van der Waals surface area contributed by atoms with Crippen LogP contribution in [0, 0.1) is 5.92 Å². The highest BCUT2D eigenvalue weighted by Crippen LogP contribution is 2.68. The summed E-state index contributed by atoms with van der Waals surface area (Å²) in [5.41, 5.74) is 7.29.